The van der Waals surface area contributed by atoms with Gasteiger partial charge in [0, 0.05) is 26.2 Å². The van der Waals surface area contributed by atoms with Gasteiger partial charge >= 0.3 is 12.1 Å². The topological polar surface area (TPSA) is 132 Å². The van der Waals surface area contributed by atoms with Gasteiger partial charge in [-0.2, -0.15) is 15.0 Å². The van der Waals surface area contributed by atoms with Crippen LogP contribution in [0.5, 0.6) is 11.8 Å². The highest BCUT2D eigenvalue weighted by Gasteiger charge is 2.25. The number of halogens is 1. The number of benzene rings is 1. The molecule has 0 bridgehead atoms. The van der Waals surface area contributed by atoms with Crippen molar-refractivity contribution in [1.29, 1.82) is 0 Å². The monoisotopic (exact) mass is 559 g/mol. The number of rotatable bonds is 6. The summed E-state index contributed by atoms with van der Waals surface area (Å²) >= 11 is 1.13. The minimum Gasteiger partial charge on any atom is -0.444 e. The summed E-state index contributed by atoms with van der Waals surface area (Å²) in [6.45, 7) is 8.76. The molecule has 12 nitrogen and oxygen atoms in total. The number of thiazole rings is 1. The third-order valence-corrected chi connectivity index (χ3v) is 6.26. The molecule has 0 aliphatic carbocycles. The van der Waals surface area contributed by atoms with E-state index in [9.17, 15) is 14.0 Å². The lowest BCUT2D eigenvalue weighted by molar-refractivity contribution is 0.0635. The van der Waals surface area contributed by atoms with Crippen LogP contribution in [0.25, 0.3) is 10.7 Å². The van der Waals surface area contributed by atoms with Gasteiger partial charge in [-0.05, 0) is 45.9 Å². The van der Waals surface area contributed by atoms with E-state index in [0.29, 0.717) is 30.6 Å². The average molecular weight is 560 g/mol. The van der Waals surface area contributed by atoms with Crippen molar-refractivity contribution in [3.05, 3.63) is 35.8 Å². The Morgan fingerprint density at radius 3 is 2.67 bits per heavy atom. The second-order valence-corrected chi connectivity index (χ2v) is 11.0. The smallest absolute Gasteiger partial charge is 0.413 e. The summed E-state index contributed by atoms with van der Waals surface area (Å²) in [5.74, 6) is -0.691. The van der Waals surface area contributed by atoms with E-state index in [-0.39, 0.29) is 40.2 Å². The van der Waals surface area contributed by atoms with E-state index in [1.807, 2.05) is 11.8 Å². The van der Waals surface area contributed by atoms with Crippen molar-refractivity contribution in [1.82, 2.24) is 24.8 Å². The van der Waals surface area contributed by atoms with Crippen molar-refractivity contribution in [3.8, 4) is 22.5 Å². The van der Waals surface area contributed by atoms with Gasteiger partial charge in [0.25, 0.3) is 5.91 Å². The van der Waals surface area contributed by atoms with Crippen LogP contribution in [-0.4, -0.2) is 82.3 Å². The van der Waals surface area contributed by atoms with Crippen molar-refractivity contribution >= 4 is 34.4 Å². The Labute approximate surface area is 229 Å². The predicted octanol–water partition coefficient (Wildman–Crippen LogP) is 4.20. The molecule has 3 aromatic rings. The summed E-state index contributed by atoms with van der Waals surface area (Å²) in [5.41, 5.74) is -0.486. The largest absolute Gasteiger partial charge is 0.444 e. The molecule has 0 spiro atoms. The summed E-state index contributed by atoms with van der Waals surface area (Å²) < 4.78 is 31.4. The lowest BCUT2D eigenvalue weighted by Crippen LogP contribution is -2.44. The quantitative estimate of drug-likeness (QED) is 0.469. The van der Waals surface area contributed by atoms with E-state index in [0.717, 1.165) is 17.4 Å². The molecule has 1 aromatic carbocycles. The van der Waals surface area contributed by atoms with Crippen LogP contribution in [0.3, 0.4) is 0 Å². The van der Waals surface area contributed by atoms with E-state index in [4.69, 9.17) is 14.2 Å². The number of carbonyl (C=O) groups is 2. The van der Waals surface area contributed by atoms with Gasteiger partial charge in [-0.25, -0.2) is 14.2 Å². The Morgan fingerprint density at radius 2 is 2.00 bits per heavy atom. The van der Waals surface area contributed by atoms with Gasteiger partial charge in [0.05, 0.1) is 30.3 Å². The summed E-state index contributed by atoms with van der Waals surface area (Å²) in [6.07, 6.45) is 0.864. The molecule has 1 atom stereocenters. The molecule has 208 valence electrons. The molecule has 0 saturated carbocycles. The first-order chi connectivity index (χ1) is 18.4. The number of aromatic nitrogens is 4. The molecule has 1 saturated heterocycles. The molecule has 14 heteroatoms. The van der Waals surface area contributed by atoms with Crippen LogP contribution in [0.1, 0.15) is 38.1 Å². The molecule has 0 unspecified atom stereocenters. The number of nitrogens with zero attached hydrogens (tertiary/aromatic N) is 6. The van der Waals surface area contributed by atoms with Gasteiger partial charge in [-0.3, -0.25) is 10.1 Å². The molecule has 4 rings (SSSR count). The van der Waals surface area contributed by atoms with Gasteiger partial charge < -0.3 is 24.0 Å². The van der Waals surface area contributed by atoms with Crippen molar-refractivity contribution in [2.45, 2.75) is 39.3 Å². The zero-order valence-corrected chi connectivity index (χ0v) is 23.3. The Bertz CT molecular complexity index is 1360. The first-order valence-electron chi connectivity index (χ1n) is 12.2. The summed E-state index contributed by atoms with van der Waals surface area (Å²) in [4.78, 5) is 45.8. The Hall–Kier alpha value is -3.91. The fourth-order valence-electron chi connectivity index (χ4n) is 3.55. The number of anilines is 2. The lowest BCUT2D eigenvalue weighted by atomic mass is 10.2. The van der Waals surface area contributed by atoms with Crippen LogP contribution < -0.4 is 15.0 Å². The van der Waals surface area contributed by atoms with Crippen molar-refractivity contribution in [2.24, 2.45) is 0 Å². The van der Waals surface area contributed by atoms with Gasteiger partial charge in [-0.15, -0.1) is 0 Å². The second kappa shape index (κ2) is 11.5. The van der Waals surface area contributed by atoms with Crippen LogP contribution in [0, 0.1) is 5.82 Å². The second-order valence-electron chi connectivity index (χ2n) is 9.96. The normalized spacial score (nSPS) is 15.6. The maximum atomic E-state index is 14.9. The third-order valence-electron chi connectivity index (χ3n) is 5.35. The first kappa shape index (κ1) is 28.1. The molecule has 2 aromatic heterocycles. The van der Waals surface area contributed by atoms with E-state index < -0.39 is 17.5 Å². The van der Waals surface area contributed by atoms with Crippen molar-refractivity contribution in [2.75, 3.05) is 44.1 Å². The van der Waals surface area contributed by atoms with Crippen molar-refractivity contribution in [3.63, 3.8) is 0 Å². The molecular weight excluding hydrogens is 529 g/mol. The molecule has 39 heavy (non-hydrogen) atoms. The van der Waals surface area contributed by atoms with Gasteiger partial charge in [-0.1, -0.05) is 11.3 Å². The molecule has 1 fully saturated rings. The summed E-state index contributed by atoms with van der Waals surface area (Å²) in [5, 5.41) is 2.88. The van der Waals surface area contributed by atoms with E-state index in [1.54, 1.807) is 34.9 Å². The van der Waals surface area contributed by atoms with Crippen LogP contribution in [0.2, 0.25) is 0 Å². The predicted molar refractivity (Wildman–Crippen MR) is 143 cm³/mol. The zero-order valence-electron chi connectivity index (χ0n) is 22.5. The molecule has 1 aliphatic heterocycles. The Morgan fingerprint density at radius 1 is 1.23 bits per heavy atom. The number of carbonyl (C=O) groups excluding carboxylic acids is 2. The fraction of sp³-hybridized carbons (Fsp3) is 0.440. The Kier molecular flexibility index (Phi) is 8.25. The minimum absolute atomic E-state index is 0.0271. The highest BCUT2D eigenvalue weighted by Crippen LogP contribution is 2.31. The average Bonchev–Trinajstić information content (AvgIpc) is 3.32. The molecule has 0 radical (unpaired) electrons. The molecular formula is C25H30FN7O5S. The van der Waals surface area contributed by atoms with E-state index in [2.05, 4.69) is 25.3 Å². The standard InChI is InChI=1S/C25H30FN7O5S/c1-14-13-36-10-9-33(14)21-28-19(18-12-27-23(39-18)31-24(35)38-25(2,3)4)29-22(30-21)37-17-8-7-15(11-16(17)26)20(34)32(5)6/h7-8,11-12,14H,9-10,13H2,1-6H3,(H,27,31,35)/t14-/m0/s1. The zero-order chi connectivity index (χ0) is 28.3. The summed E-state index contributed by atoms with van der Waals surface area (Å²) in [6, 6.07) is 3.74. The van der Waals surface area contributed by atoms with E-state index in [1.165, 1.54) is 23.2 Å². The van der Waals surface area contributed by atoms with E-state index >= 15 is 0 Å². The number of nitrogens with one attached hydrogen (secondary N) is 1. The molecule has 3 heterocycles. The number of hydrogen-bond acceptors (Lipinski definition) is 11. The van der Waals surface area contributed by atoms with Gasteiger partial charge in [0.15, 0.2) is 22.5 Å². The molecule has 1 aliphatic rings. The maximum absolute atomic E-state index is 14.9. The Balaban J connectivity index is 1.65. The highest BCUT2D eigenvalue weighted by molar-refractivity contribution is 7.19. The number of ether oxygens (including phenoxy) is 3. The van der Waals surface area contributed by atoms with Crippen LogP contribution >= 0.6 is 11.3 Å². The van der Waals surface area contributed by atoms with Crippen LogP contribution in [0.4, 0.5) is 20.3 Å². The lowest BCUT2D eigenvalue weighted by Gasteiger charge is -2.33. The molecule has 1 N–H and O–H groups in total. The summed E-state index contributed by atoms with van der Waals surface area (Å²) in [7, 11) is 3.16. The maximum Gasteiger partial charge on any atom is 0.413 e. The number of hydrogen-bond donors (Lipinski definition) is 1. The van der Waals surface area contributed by atoms with Gasteiger partial charge in [0.1, 0.15) is 5.60 Å². The minimum atomic E-state index is -0.743. The van der Waals surface area contributed by atoms with Crippen LogP contribution in [-0.2, 0) is 9.47 Å². The number of morpholine rings is 1. The van der Waals surface area contributed by atoms with Crippen LogP contribution in [0.15, 0.2) is 24.4 Å². The molecule has 2 amide bonds. The van der Waals surface area contributed by atoms with Crippen molar-refractivity contribution < 1.29 is 28.2 Å². The third kappa shape index (κ3) is 7.15. The van der Waals surface area contributed by atoms with Gasteiger partial charge in [0.2, 0.25) is 5.95 Å². The highest BCUT2D eigenvalue weighted by atomic mass is 32.1. The SMILES string of the molecule is C[C@H]1COCCN1c1nc(Oc2ccc(C(=O)N(C)C)cc2F)nc(-c2cnc(NC(=O)OC(C)(C)C)s2)n1. The number of amides is 2. The fourth-order valence-corrected chi connectivity index (χ4v) is 4.29. The first-order valence-corrected chi connectivity index (χ1v) is 13.0.